The molecule has 0 amide bonds. The van der Waals surface area contributed by atoms with Crippen LogP contribution in [0.3, 0.4) is 0 Å². The molecule has 1 aliphatic rings. The third-order valence-electron chi connectivity index (χ3n) is 2.55. The molecule has 0 heterocycles. The van der Waals surface area contributed by atoms with Crippen LogP contribution in [0.2, 0.25) is 0 Å². The molecule has 1 fully saturated rings. The van der Waals surface area contributed by atoms with Gasteiger partial charge in [0, 0.05) is 11.6 Å². The van der Waals surface area contributed by atoms with Gasteiger partial charge in [-0.3, -0.25) is 0 Å². The van der Waals surface area contributed by atoms with Crippen molar-refractivity contribution in [3.8, 4) is 0 Å². The number of halogens is 1. The van der Waals surface area contributed by atoms with Crippen molar-refractivity contribution in [1.29, 1.82) is 0 Å². The molecule has 0 unspecified atom stereocenters. The maximum Gasteiger partial charge on any atom is 0.404 e. The third-order valence-corrected chi connectivity index (χ3v) is 2.63. The number of hydrogen-bond acceptors (Lipinski definition) is 2. The lowest BCUT2D eigenvalue weighted by Gasteiger charge is -2.33. The summed E-state index contributed by atoms with van der Waals surface area (Å²) in [6.45, 7) is 4.48. The van der Waals surface area contributed by atoms with Crippen molar-refractivity contribution in [1.82, 2.24) is 0 Å². The van der Waals surface area contributed by atoms with Crippen molar-refractivity contribution < 1.29 is 9.53 Å². The number of hydrogen-bond donors (Lipinski definition) is 0. The highest BCUT2D eigenvalue weighted by Crippen LogP contribution is 2.36. The molecule has 0 spiro atoms. The molecule has 0 saturated heterocycles. The smallest absolute Gasteiger partial charge is 0.404 e. The summed E-state index contributed by atoms with van der Waals surface area (Å²) in [6, 6.07) is 0. The normalized spacial score (nSPS) is 23.6. The lowest BCUT2D eigenvalue weighted by molar-refractivity contribution is 0.0628. The maximum atomic E-state index is 10.4. The van der Waals surface area contributed by atoms with Gasteiger partial charge in [0.25, 0.3) is 0 Å². The van der Waals surface area contributed by atoms with Gasteiger partial charge in [-0.1, -0.05) is 13.8 Å². The number of carbonyl (C=O) groups is 1. The Labute approximate surface area is 78.2 Å². The Morgan fingerprint density at radius 3 is 2.33 bits per heavy atom. The maximum absolute atomic E-state index is 10.4. The van der Waals surface area contributed by atoms with E-state index in [0.29, 0.717) is 5.41 Å². The summed E-state index contributed by atoms with van der Waals surface area (Å²) >= 11 is 5.12. The minimum absolute atomic E-state index is 0.0584. The van der Waals surface area contributed by atoms with Crippen LogP contribution in [0.25, 0.3) is 0 Å². The van der Waals surface area contributed by atoms with Crippen LogP contribution in [0.4, 0.5) is 4.79 Å². The highest BCUT2D eigenvalue weighted by Gasteiger charge is 2.28. The molecule has 3 heteroatoms. The van der Waals surface area contributed by atoms with E-state index in [0.717, 1.165) is 25.7 Å². The molecule has 1 rings (SSSR count). The molecular weight excluding hydrogens is 176 g/mol. The molecule has 0 aromatic heterocycles. The van der Waals surface area contributed by atoms with Gasteiger partial charge >= 0.3 is 5.43 Å². The van der Waals surface area contributed by atoms with Crippen molar-refractivity contribution in [2.24, 2.45) is 5.41 Å². The van der Waals surface area contributed by atoms with Gasteiger partial charge < -0.3 is 4.74 Å². The van der Waals surface area contributed by atoms with E-state index in [1.165, 1.54) is 0 Å². The Balaban J connectivity index is 2.31. The lowest BCUT2D eigenvalue weighted by atomic mass is 9.76. The van der Waals surface area contributed by atoms with Crippen molar-refractivity contribution in [3.05, 3.63) is 0 Å². The summed E-state index contributed by atoms with van der Waals surface area (Å²) in [5.74, 6) is 0. The van der Waals surface area contributed by atoms with Gasteiger partial charge in [0.2, 0.25) is 0 Å². The van der Waals surface area contributed by atoms with E-state index in [-0.39, 0.29) is 6.10 Å². The van der Waals surface area contributed by atoms with E-state index in [1.54, 1.807) is 0 Å². The average Bonchev–Trinajstić information content (AvgIpc) is 1.93. The molecule has 0 radical (unpaired) electrons. The Morgan fingerprint density at radius 1 is 1.42 bits per heavy atom. The number of ether oxygens (including phenoxy) is 1. The number of rotatable bonds is 1. The molecule has 0 aliphatic heterocycles. The lowest BCUT2D eigenvalue weighted by Crippen LogP contribution is -2.26. The minimum Gasteiger partial charge on any atom is -0.450 e. The predicted molar refractivity (Wildman–Crippen MR) is 48.4 cm³/mol. The topological polar surface area (TPSA) is 26.3 Å². The second-order valence-electron chi connectivity index (χ2n) is 4.22. The second kappa shape index (κ2) is 3.65. The van der Waals surface area contributed by atoms with Crippen LogP contribution >= 0.6 is 11.6 Å². The fourth-order valence-electron chi connectivity index (χ4n) is 1.62. The molecule has 0 N–H and O–H groups in total. The van der Waals surface area contributed by atoms with Crippen LogP contribution in [-0.2, 0) is 4.74 Å². The molecule has 70 valence electrons. The summed E-state index contributed by atoms with van der Waals surface area (Å²) in [6.07, 6.45) is 4.18. The summed E-state index contributed by atoms with van der Waals surface area (Å²) in [5.41, 5.74) is -0.255. The standard InChI is InChI=1S/C9H15ClO2/c1-9(2)5-3-7(4-6-9)12-8(10)11/h7H,3-6H2,1-2H3. The summed E-state index contributed by atoms with van der Waals surface area (Å²) in [7, 11) is 0. The highest BCUT2D eigenvalue weighted by molar-refractivity contribution is 6.61. The monoisotopic (exact) mass is 190 g/mol. The van der Waals surface area contributed by atoms with E-state index in [1.807, 2.05) is 0 Å². The molecule has 0 aromatic carbocycles. The first-order chi connectivity index (χ1) is 5.49. The van der Waals surface area contributed by atoms with Crippen molar-refractivity contribution in [2.75, 3.05) is 0 Å². The molecule has 12 heavy (non-hydrogen) atoms. The van der Waals surface area contributed by atoms with Gasteiger partial charge in [-0.05, 0) is 31.1 Å². The van der Waals surface area contributed by atoms with Gasteiger partial charge in [-0.2, -0.15) is 0 Å². The van der Waals surface area contributed by atoms with Crippen molar-refractivity contribution in [3.63, 3.8) is 0 Å². The largest absolute Gasteiger partial charge is 0.450 e. The molecule has 2 nitrogen and oxygen atoms in total. The fourth-order valence-corrected chi connectivity index (χ4v) is 1.75. The Hall–Kier alpha value is -0.240. The Morgan fingerprint density at radius 2 is 1.92 bits per heavy atom. The van der Waals surface area contributed by atoms with Crippen molar-refractivity contribution in [2.45, 2.75) is 45.6 Å². The van der Waals surface area contributed by atoms with Crippen LogP contribution in [0.15, 0.2) is 0 Å². The van der Waals surface area contributed by atoms with E-state index >= 15 is 0 Å². The van der Waals surface area contributed by atoms with E-state index in [2.05, 4.69) is 13.8 Å². The molecular formula is C9H15ClO2. The minimum atomic E-state index is -0.667. The van der Waals surface area contributed by atoms with Gasteiger partial charge in [0.05, 0.1) is 0 Å². The summed E-state index contributed by atoms with van der Waals surface area (Å²) < 4.78 is 4.91. The van der Waals surface area contributed by atoms with Crippen LogP contribution in [0.1, 0.15) is 39.5 Å². The van der Waals surface area contributed by atoms with Gasteiger partial charge in [0.15, 0.2) is 0 Å². The fraction of sp³-hybridized carbons (Fsp3) is 0.889. The SMILES string of the molecule is CC1(C)CCC(OC(=O)Cl)CC1. The van der Waals surface area contributed by atoms with Crippen LogP contribution in [0, 0.1) is 5.41 Å². The molecule has 1 saturated carbocycles. The zero-order valence-electron chi connectivity index (χ0n) is 7.60. The van der Waals surface area contributed by atoms with E-state index < -0.39 is 5.43 Å². The van der Waals surface area contributed by atoms with Crippen molar-refractivity contribution >= 4 is 17.0 Å². The van der Waals surface area contributed by atoms with Crippen LogP contribution < -0.4 is 0 Å². The number of carbonyl (C=O) groups excluding carboxylic acids is 1. The molecule has 0 atom stereocenters. The summed E-state index contributed by atoms with van der Waals surface area (Å²) in [4.78, 5) is 10.4. The van der Waals surface area contributed by atoms with Crippen LogP contribution in [-0.4, -0.2) is 11.5 Å². The quantitative estimate of drug-likeness (QED) is 0.593. The second-order valence-corrected chi connectivity index (χ2v) is 4.53. The molecule has 0 aromatic rings. The first kappa shape index (κ1) is 9.85. The molecule has 0 bridgehead atoms. The third kappa shape index (κ3) is 3.02. The first-order valence-corrected chi connectivity index (χ1v) is 4.73. The summed E-state index contributed by atoms with van der Waals surface area (Å²) in [5, 5.41) is 0. The van der Waals surface area contributed by atoms with Gasteiger partial charge in [-0.25, -0.2) is 4.79 Å². The zero-order chi connectivity index (χ0) is 9.19. The average molecular weight is 191 g/mol. The van der Waals surface area contributed by atoms with Gasteiger partial charge in [0.1, 0.15) is 6.10 Å². The highest BCUT2D eigenvalue weighted by atomic mass is 35.5. The van der Waals surface area contributed by atoms with E-state index in [4.69, 9.17) is 16.3 Å². The predicted octanol–water partition coefficient (Wildman–Crippen LogP) is 3.33. The Bertz CT molecular complexity index is 167. The van der Waals surface area contributed by atoms with E-state index in [9.17, 15) is 4.79 Å². The molecule has 1 aliphatic carbocycles. The van der Waals surface area contributed by atoms with Gasteiger partial charge in [-0.15, -0.1) is 0 Å². The zero-order valence-corrected chi connectivity index (χ0v) is 8.36. The Kier molecular flexibility index (Phi) is 2.99. The van der Waals surface area contributed by atoms with Crippen LogP contribution in [0.5, 0.6) is 0 Å². The first-order valence-electron chi connectivity index (χ1n) is 4.36.